The smallest absolute Gasteiger partial charge is 0.170 e. The fourth-order valence-corrected chi connectivity index (χ4v) is 1.23. The van der Waals surface area contributed by atoms with Gasteiger partial charge in [-0.25, -0.2) is 4.98 Å². The Labute approximate surface area is 87.5 Å². The van der Waals surface area contributed by atoms with Gasteiger partial charge in [-0.15, -0.1) is 0 Å². The second-order valence-corrected chi connectivity index (χ2v) is 3.09. The largest absolute Gasteiger partial charge is 0.363 e. The molecule has 0 saturated carbocycles. The summed E-state index contributed by atoms with van der Waals surface area (Å²) in [4.78, 5) is 3.91. The van der Waals surface area contributed by atoms with Crippen molar-refractivity contribution in [3.63, 3.8) is 0 Å². The van der Waals surface area contributed by atoms with Crippen LogP contribution in [-0.2, 0) is 0 Å². The van der Waals surface area contributed by atoms with E-state index >= 15 is 0 Å². The molecule has 13 heavy (non-hydrogen) atoms. The molecule has 2 N–H and O–H groups in total. The molecule has 1 rings (SSSR count). The predicted octanol–water partition coefficient (Wildman–Crippen LogP) is 2.04. The second-order valence-electron chi connectivity index (χ2n) is 2.33. The SMILES string of the molecule is CCNC(=S)Nc1cccnc1Cl. The molecule has 0 amide bonds. The molecule has 0 aliphatic rings. The molecule has 1 heterocycles. The van der Waals surface area contributed by atoms with Crippen LogP contribution < -0.4 is 10.6 Å². The molecule has 0 aromatic carbocycles. The average molecular weight is 216 g/mol. The lowest BCUT2D eigenvalue weighted by Crippen LogP contribution is -2.28. The standard InChI is InChI=1S/C8H10ClN3S/c1-2-10-8(13)12-6-4-3-5-11-7(6)9/h3-5H,2H2,1H3,(H2,10,12,13). The van der Waals surface area contributed by atoms with Gasteiger partial charge in [0.05, 0.1) is 5.69 Å². The maximum Gasteiger partial charge on any atom is 0.170 e. The van der Waals surface area contributed by atoms with Crippen LogP contribution in [0.1, 0.15) is 6.92 Å². The summed E-state index contributed by atoms with van der Waals surface area (Å²) >= 11 is 10.8. The van der Waals surface area contributed by atoms with Crippen molar-refractivity contribution in [3.8, 4) is 0 Å². The third-order valence-corrected chi connectivity index (χ3v) is 1.89. The van der Waals surface area contributed by atoms with Crippen molar-refractivity contribution in [1.82, 2.24) is 10.3 Å². The molecule has 0 saturated heterocycles. The maximum atomic E-state index is 5.81. The molecule has 70 valence electrons. The van der Waals surface area contributed by atoms with E-state index in [2.05, 4.69) is 15.6 Å². The van der Waals surface area contributed by atoms with E-state index in [1.54, 1.807) is 12.3 Å². The van der Waals surface area contributed by atoms with Crippen LogP contribution in [0.15, 0.2) is 18.3 Å². The highest BCUT2D eigenvalue weighted by molar-refractivity contribution is 7.80. The van der Waals surface area contributed by atoms with Gasteiger partial charge in [-0.2, -0.15) is 0 Å². The van der Waals surface area contributed by atoms with E-state index in [0.29, 0.717) is 10.3 Å². The number of nitrogens with zero attached hydrogens (tertiary/aromatic N) is 1. The molecule has 0 radical (unpaired) electrons. The molecular weight excluding hydrogens is 206 g/mol. The molecule has 0 fully saturated rings. The minimum Gasteiger partial charge on any atom is -0.363 e. The molecule has 0 unspecified atom stereocenters. The zero-order valence-electron chi connectivity index (χ0n) is 7.17. The second kappa shape index (κ2) is 4.99. The van der Waals surface area contributed by atoms with Gasteiger partial charge in [0.1, 0.15) is 0 Å². The number of pyridine rings is 1. The summed E-state index contributed by atoms with van der Waals surface area (Å²) in [5.74, 6) is 0. The number of nitrogens with one attached hydrogen (secondary N) is 2. The number of anilines is 1. The van der Waals surface area contributed by atoms with Gasteiger partial charge < -0.3 is 10.6 Å². The monoisotopic (exact) mass is 215 g/mol. The zero-order chi connectivity index (χ0) is 9.68. The summed E-state index contributed by atoms with van der Waals surface area (Å²) < 4.78 is 0. The number of hydrogen-bond donors (Lipinski definition) is 2. The first-order valence-electron chi connectivity index (χ1n) is 3.89. The zero-order valence-corrected chi connectivity index (χ0v) is 8.75. The lowest BCUT2D eigenvalue weighted by Gasteiger charge is -2.08. The van der Waals surface area contributed by atoms with Crippen LogP contribution in [-0.4, -0.2) is 16.6 Å². The van der Waals surface area contributed by atoms with Gasteiger partial charge in [0, 0.05) is 12.7 Å². The van der Waals surface area contributed by atoms with Crippen molar-refractivity contribution < 1.29 is 0 Å². The van der Waals surface area contributed by atoms with E-state index in [0.717, 1.165) is 12.2 Å². The highest BCUT2D eigenvalue weighted by Gasteiger charge is 2.00. The van der Waals surface area contributed by atoms with Gasteiger partial charge in [-0.3, -0.25) is 0 Å². The number of thiocarbonyl (C=S) groups is 1. The van der Waals surface area contributed by atoms with Crippen LogP contribution >= 0.6 is 23.8 Å². The molecule has 0 aliphatic heterocycles. The van der Waals surface area contributed by atoms with Crippen LogP contribution in [0, 0.1) is 0 Å². The van der Waals surface area contributed by atoms with E-state index in [1.807, 2.05) is 13.0 Å². The Hall–Kier alpha value is -0.870. The van der Waals surface area contributed by atoms with Crippen molar-refractivity contribution >= 4 is 34.6 Å². The summed E-state index contributed by atoms with van der Waals surface area (Å²) in [5.41, 5.74) is 0.718. The number of hydrogen-bond acceptors (Lipinski definition) is 2. The van der Waals surface area contributed by atoms with Crippen LogP contribution in [0.3, 0.4) is 0 Å². The quantitative estimate of drug-likeness (QED) is 0.585. The maximum absolute atomic E-state index is 5.81. The Morgan fingerprint density at radius 1 is 1.69 bits per heavy atom. The molecule has 3 nitrogen and oxygen atoms in total. The van der Waals surface area contributed by atoms with Crippen LogP contribution in [0.25, 0.3) is 0 Å². The molecule has 5 heteroatoms. The summed E-state index contributed by atoms with van der Waals surface area (Å²) in [6, 6.07) is 3.61. The molecule has 1 aromatic heterocycles. The Morgan fingerprint density at radius 2 is 2.46 bits per heavy atom. The summed E-state index contributed by atoms with van der Waals surface area (Å²) in [6.45, 7) is 2.75. The van der Waals surface area contributed by atoms with Gasteiger partial charge >= 0.3 is 0 Å². The van der Waals surface area contributed by atoms with Crippen LogP contribution in [0.4, 0.5) is 5.69 Å². The van der Waals surface area contributed by atoms with Crippen LogP contribution in [0.5, 0.6) is 0 Å². The number of halogens is 1. The third kappa shape index (κ3) is 3.16. The van der Waals surface area contributed by atoms with E-state index in [-0.39, 0.29) is 0 Å². The first kappa shape index (κ1) is 10.2. The van der Waals surface area contributed by atoms with E-state index < -0.39 is 0 Å². The number of rotatable bonds is 2. The summed E-state index contributed by atoms with van der Waals surface area (Å²) in [6.07, 6.45) is 1.63. The van der Waals surface area contributed by atoms with Crippen LogP contribution in [0.2, 0.25) is 5.15 Å². The molecule has 1 aromatic rings. The van der Waals surface area contributed by atoms with Gasteiger partial charge in [-0.05, 0) is 31.3 Å². The fourth-order valence-electron chi connectivity index (χ4n) is 0.806. The van der Waals surface area contributed by atoms with Crippen molar-refractivity contribution in [1.29, 1.82) is 0 Å². The molecular formula is C8H10ClN3S. The van der Waals surface area contributed by atoms with Gasteiger partial charge in [0.15, 0.2) is 10.3 Å². The van der Waals surface area contributed by atoms with Crippen molar-refractivity contribution in [3.05, 3.63) is 23.5 Å². The Morgan fingerprint density at radius 3 is 3.08 bits per heavy atom. The predicted molar refractivity (Wildman–Crippen MR) is 59.1 cm³/mol. The van der Waals surface area contributed by atoms with Gasteiger partial charge in [0.25, 0.3) is 0 Å². The van der Waals surface area contributed by atoms with Crippen molar-refractivity contribution in [2.75, 3.05) is 11.9 Å². The minimum absolute atomic E-state index is 0.419. The van der Waals surface area contributed by atoms with Crippen molar-refractivity contribution in [2.45, 2.75) is 6.92 Å². The normalized spacial score (nSPS) is 9.38. The molecule has 0 bridgehead atoms. The third-order valence-electron chi connectivity index (χ3n) is 1.34. The van der Waals surface area contributed by atoms with E-state index in [4.69, 9.17) is 23.8 Å². The summed E-state index contributed by atoms with van der Waals surface area (Å²) in [5, 5.41) is 6.86. The topological polar surface area (TPSA) is 37.0 Å². The van der Waals surface area contributed by atoms with Gasteiger partial charge in [0.2, 0.25) is 0 Å². The lowest BCUT2D eigenvalue weighted by atomic mass is 10.4. The Kier molecular flexibility index (Phi) is 3.92. The molecule has 0 spiro atoms. The first-order valence-corrected chi connectivity index (χ1v) is 4.68. The Balaban J connectivity index is 2.63. The highest BCUT2D eigenvalue weighted by atomic mass is 35.5. The van der Waals surface area contributed by atoms with Crippen molar-refractivity contribution in [2.24, 2.45) is 0 Å². The highest BCUT2D eigenvalue weighted by Crippen LogP contribution is 2.16. The Bertz CT molecular complexity index is 303. The molecule has 0 aliphatic carbocycles. The average Bonchev–Trinajstić information content (AvgIpc) is 2.09. The number of aromatic nitrogens is 1. The lowest BCUT2D eigenvalue weighted by molar-refractivity contribution is 0.979. The van der Waals surface area contributed by atoms with E-state index in [9.17, 15) is 0 Å². The van der Waals surface area contributed by atoms with E-state index in [1.165, 1.54) is 0 Å². The minimum atomic E-state index is 0.419. The summed E-state index contributed by atoms with van der Waals surface area (Å²) in [7, 11) is 0. The van der Waals surface area contributed by atoms with Gasteiger partial charge in [-0.1, -0.05) is 11.6 Å². The fraction of sp³-hybridized carbons (Fsp3) is 0.250. The molecule has 0 atom stereocenters. The first-order chi connectivity index (χ1) is 6.24.